The second-order valence-electron chi connectivity index (χ2n) is 8.65. The Kier molecular flexibility index (Phi) is 5.36. The van der Waals surface area contributed by atoms with Crippen molar-refractivity contribution in [3.05, 3.63) is 167 Å². The Balaban J connectivity index is 1.44. The molecule has 0 atom stereocenters. The van der Waals surface area contributed by atoms with Gasteiger partial charge in [-0.05, 0) is 41.0 Å². The molecule has 168 valence electrons. The summed E-state index contributed by atoms with van der Waals surface area (Å²) in [6.45, 7) is 0.762. The summed E-state index contributed by atoms with van der Waals surface area (Å²) in [7, 11) is 0. The maximum Gasteiger partial charge on any atom is 0.212 e. The van der Waals surface area contributed by atoms with Crippen LogP contribution in [0.15, 0.2) is 151 Å². The molecular formula is C32H24N2O. The highest BCUT2D eigenvalue weighted by Crippen LogP contribution is 2.43. The predicted molar refractivity (Wildman–Crippen MR) is 141 cm³/mol. The molecule has 0 saturated carbocycles. The van der Waals surface area contributed by atoms with E-state index in [-0.39, 0.29) is 5.78 Å². The number of benzene rings is 3. The number of rotatable bonds is 4. The van der Waals surface area contributed by atoms with Crippen molar-refractivity contribution < 1.29 is 4.79 Å². The van der Waals surface area contributed by atoms with Gasteiger partial charge in [-0.15, -0.1) is 0 Å². The van der Waals surface area contributed by atoms with Gasteiger partial charge in [0.15, 0.2) is 0 Å². The minimum atomic E-state index is 0.0439. The fourth-order valence-electron chi connectivity index (χ4n) is 4.79. The van der Waals surface area contributed by atoms with E-state index in [2.05, 4.69) is 59.7 Å². The number of carbonyl (C=O) groups is 1. The standard InChI is InChI=1S/C32H24N2O/c35-32-29-22-27(28-18-10-11-20-33(28)23-24-12-4-1-5-13-24)19-21-34(29)31(26-16-8-3-9-17-26)30(32)25-14-6-2-7-15-25/h1-22H,23H2. The lowest BCUT2D eigenvalue weighted by atomic mass is 9.98. The number of carbonyl (C=O) groups excluding carboxylic acids is 1. The van der Waals surface area contributed by atoms with Gasteiger partial charge in [0.05, 0.1) is 17.0 Å². The molecule has 3 heteroatoms. The first-order valence-electron chi connectivity index (χ1n) is 11.8. The molecule has 3 aromatic rings. The van der Waals surface area contributed by atoms with Crippen LogP contribution in [0.4, 0.5) is 0 Å². The lowest BCUT2D eigenvalue weighted by Gasteiger charge is -2.28. The molecule has 0 unspecified atom stereocenters. The van der Waals surface area contributed by atoms with Crippen LogP contribution in [0.1, 0.15) is 16.7 Å². The molecule has 3 nitrogen and oxygen atoms in total. The van der Waals surface area contributed by atoms with Crippen LogP contribution in [0.5, 0.6) is 0 Å². The summed E-state index contributed by atoms with van der Waals surface area (Å²) in [4.78, 5) is 18.1. The van der Waals surface area contributed by atoms with Crippen LogP contribution in [-0.2, 0) is 11.3 Å². The summed E-state index contributed by atoms with van der Waals surface area (Å²) in [5, 5.41) is 0. The van der Waals surface area contributed by atoms with Gasteiger partial charge in [-0.2, -0.15) is 0 Å². The molecule has 0 aliphatic carbocycles. The van der Waals surface area contributed by atoms with Crippen LogP contribution in [0, 0.1) is 0 Å². The Morgan fingerprint density at radius 3 is 2.03 bits per heavy atom. The third-order valence-electron chi connectivity index (χ3n) is 6.43. The van der Waals surface area contributed by atoms with Gasteiger partial charge in [-0.3, -0.25) is 4.79 Å². The Hall–Kier alpha value is -4.63. The van der Waals surface area contributed by atoms with Gasteiger partial charge in [0.25, 0.3) is 0 Å². The molecule has 0 aromatic heterocycles. The van der Waals surface area contributed by atoms with Crippen molar-refractivity contribution in [2.75, 3.05) is 0 Å². The van der Waals surface area contributed by atoms with E-state index in [0.29, 0.717) is 5.70 Å². The van der Waals surface area contributed by atoms with Crippen LogP contribution in [0.3, 0.4) is 0 Å². The second-order valence-corrected chi connectivity index (χ2v) is 8.65. The summed E-state index contributed by atoms with van der Waals surface area (Å²) in [6, 6.07) is 30.5. The summed E-state index contributed by atoms with van der Waals surface area (Å²) in [5.41, 5.74) is 7.61. The number of hydrogen-bond donors (Lipinski definition) is 0. The first-order chi connectivity index (χ1) is 17.3. The zero-order chi connectivity index (χ0) is 23.6. The third kappa shape index (κ3) is 3.87. The summed E-state index contributed by atoms with van der Waals surface area (Å²) < 4.78 is 0. The van der Waals surface area contributed by atoms with Crippen LogP contribution in [0.25, 0.3) is 11.3 Å². The zero-order valence-electron chi connectivity index (χ0n) is 19.2. The molecule has 3 aromatic carbocycles. The SMILES string of the molecule is O=C1C2=CC(=C3C=CC=CN3Cc3ccccc3)C=CN2C(c2ccccc2)=C1c1ccccc1. The van der Waals surface area contributed by atoms with E-state index in [1.54, 1.807) is 0 Å². The van der Waals surface area contributed by atoms with Gasteiger partial charge in [-0.25, -0.2) is 0 Å². The van der Waals surface area contributed by atoms with Crippen LogP contribution in [-0.4, -0.2) is 15.6 Å². The monoisotopic (exact) mass is 452 g/mol. The van der Waals surface area contributed by atoms with Crippen molar-refractivity contribution >= 4 is 17.1 Å². The highest BCUT2D eigenvalue weighted by molar-refractivity contribution is 6.38. The van der Waals surface area contributed by atoms with E-state index in [1.807, 2.05) is 83.9 Å². The van der Waals surface area contributed by atoms with E-state index < -0.39 is 0 Å². The van der Waals surface area contributed by atoms with Crippen molar-refractivity contribution in [2.45, 2.75) is 6.54 Å². The number of Topliss-reactive ketones (excluding diaryl/α,β-unsaturated/α-hetero) is 1. The van der Waals surface area contributed by atoms with E-state index in [1.165, 1.54) is 5.56 Å². The molecule has 0 radical (unpaired) electrons. The van der Waals surface area contributed by atoms with Crippen molar-refractivity contribution in [1.82, 2.24) is 9.80 Å². The fourth-order valence-corrected chi connectivity index (χ4v) is 4.79. The summed E-state index contributed by atoms with van der Waals surface area (Å²) >= 11 is 0. The highest BCUT2D eigenvalue weighted by atomic mass is 16.1. The van der Waals surface area contributed by atoms with Gasteiger partial charge in [0, 0.05) is 30.2 Å². The Labute approximate surface area is 205 Å². The normalized spacial score (nSPS) is 18.9. The first kappa shape index (κ1) is 20.9. The zero-order valence-corrected chi connectivity index (χ0v) is 19.2. The fraction of sp³-hybridized carbons (Fsp3) is 0.0312. The van der Waals surface area contributed by atoms with Gasteiger partial charge in [0.2, 0.25) is 5.78 Å². The molecule has 6 rings (SSSR count). The van der Waals surface area contributed by atoms with E-state index >= 15 is 0 Å². The molecule has 3 heterocycles. The molecule has 35 heavy (non-hydrogen) atoms. The second kappa shape index (κ2) is 8.96. The summed E-state index contributed by atoms with van der Waals surface area (Å²) in [6.07, 6.45) is 14.4. The molecule has 0 spiro atoms. The molecular weight excluding hydrogens is 428 g/mol. The lowest BCUT2D eigenvalue weighted by molar-refractivity contribution is -0.110. The minimum absolute atomic E-state index is 0.0439. The molecule has 0 bridgehead atoms. The van der Waals surface area contributed by atoms with Crippen molar-refractivity contribution in [1.29, 1.82) is 0 Å². The largest absolute Gasteiger partial charge is 0.343 e. The Morgan fingerprint density at radius 1 is 0.657 bits per heavy atom. The highest BCUT2D eigenvalue weighted by Gasteiger charge is 2.37. The average Bonchev–Trinajstić information content (AvgIpc) is 3.22. The van der Waals surface area contributed by atoms with Crippen LogP contribution in [0.2, 0.25) is 0 Å². The molecule has 0 fully saturated rings. The molecule has 3 aliphatic heterocycles. The lowest BCUT2D eigenvalue weighted by Crippen LogP contribution is -2.21. The Bertz CT molecular complexity index is 1460. The molecule has 0 amide bonds. The predicted octanol–water partition coefficient (Wildman–Crippen LogP) is 6.69. The van der Waals surface area contributed by atoms with Crippen molar-refractivity contribution in [2.24, 2.45) is 0 Å². The Morgan fingerprint density at radius 2 is 1.31 bits per heavy atom. The maximum atomic E-state index is 13.9. The number of ketones is 1. The number of allylic oxidation sites excluding steroid dienone is 7. The van der Waals surface area contributed by atoms with Gasteiger partial charge in [0.1, 0.15) is 0 Å². The topological polar surface area (TPSA) is 23.6 Å². The molecule has 3 aliphatic rings. The number of nitrogens with zero attached hydrogens (tertiary/aromatic N) is 2. The third-order valence-corrected chi connectivity index (χ3v) is 6.43. The van der Waals surface area contributed by atoms with E-state index in [4.69, 9.17) is 0 Å². The molecule has 0 N–H and O–H groups in total. The van der Waals surface area contributed by atoms with E-state index in [0.717, 1.165) is 40.2 Å². The van der Waals surface area contributed by atoms with Gasteiger partial charge in [-0.1, -0.05) is 97.1 Å². The summed E-state index contributed by atoms with van der Waals surface area (Å²) in [5.74, 6) is 0.0439. The average molecular weight is 453 g/mol. The van der Waals surface area contributed by atoms with Crippen molar-refractivity contribution in [3.8, 4) is 0 Å². The smallest absolute Gasteiger partial charge is 0.212 e. The maximum absolute atomic E-state index is 13.9. The van der Waals surface area contributed by atoms with Crippen LogP contribution >= 0.6 is 0 Å². The van der Waals surface area contributed by atoms with E-state index in [9.17, 15) is 4.79 Å². The minimum Gasteiger partial charge on any atom is -0.343 e. The van der Waals surface area contributed by atoms with Gasteiger partial charge >= 0.3 is 0 Å². The first-order valence-corrected chi connectivity index (χ1v) is 11.8. The quantitative estimate of drug-likeness (QED) is 0.441. The van der Waals surface area contributed by atoms with Crippen molar-refractivity contribution in [3.63, 3.8) is 0 Å². The molecule has 0 saturated heterocycles. The van der Waals surface area contributed by atoms with Gasteiger partial charge < -0.3 is 9.80 Å². The number of hydrogen-bond acceptors (Lipinski definition) is 3. The number of fused-ring (bicyclic) bond motifs is 1. The van der Waals surface area contributed by atoms with Crippen LogP contribution < -0.4 is 0 Å².